The summed E-state index contributed by atoms with van der Waals surface area (Å²) < 4.78 is 22.0. The number of hydrogen-bond donors (Lipinski definition) is 0. The number of fused-ring (bicyclic) bond motifs is 1. The van der Waals surface area contributed by atoms with Crippen LogP contribution in [0.25, 0.3) is 11.3 Å². The molecule has 34 heavy (non-hydrogen) atoms. The van der Waals surface area contributed by atoms with Crippen LogP contribution in [0, 0.1) is 0 Å². The van der Waals surface area contributed by atoms with Gasteiger partial charge in [-0.15, -0.1) is 10.2 Å². The number of hydrogen-bond acceptors (Lipinski definition) is 8. The molecule has 2 aromatic carbocycles. The molecule has 0 radical (unpaired) electrons. The number of carbonyl (C=O) groups excluding carboxylic acids is 1. The highest BCUT2D eigenvalue weighted by Crippen LogP contribution is 2.35. The fraction of sp³-hybridized carbons (Fsp3) is 0.320. The Morgan fingerprint density at radius 2 is 1.76 bits per heavy atom. The van der Waals surface area contributed by atoms with E-state index in [0.29, 0.717) is 43.4 Å². The average molecular weight is 463 g/mol. The fourth-order valence-electron chi connectivity index (χ4n) is 4.11. The van der Waals surface area contributed by atoms with Crippen molar-refractivity contribution in [3.63, 3.8) is 0 Å². The first-order valence-electron chi connectivity index (χ1n) is 11.2. The van der Waals surface area contributed by atoms with Crippen LogP contribution in [0.4, 0.5) is 5.82 Å². The van der Waals surface area contributed by atoms with E-state index in [2.05, 4.69) is 15.1 Å². The summed E-state index contributed by atoms with van der Waals surface area (Å²) in [6.45, 7) is 4.48. The average Bonchev–Trinajstić information content (AvgIpc) is 3.36. The highest BCUT2D eigenvalue weighted by atomic mass is 16.7. The topological polar surface area (TPSA) is 86.3 Å². The Balaban J connectivity index is 1.17. The minimum absolute atomic E-state index is 0.0464. The summed E-state index contributed by atoms with van der Waals surface area (Å²) in [5, 5.41) is 8.81. The van der Waals surface area contributed by atoms with Gasteiger partial charge in [0.2, 0.25) is 6.79 Å². The first kappa shape index (κ1) is 21.8. The molecule has 2 aliphatic heterocycles. The number of carbonyl (C=O) groups is 1. The number of ether oxygens (including phenoxy) is 4. The lowest BCUT2D eigenvalue weighted by Crippen LogP contribution is -2.52. The number of aromatic nitrogens is 2. The van der Waals surface area contributed by atoms with Crippen LogP contribution >= 0.6 is 0 Å². The van der Waals surface area contributed by atoms with E-state index in [1.807, 2.05) is 41.3 Å². The zero-order chi connectivity index (χ0) is 23.5. The standard InChI is InChI=1S/C25H26N4O5/c1-17(34-18-7-9-22-23(15-18)33-16-32-22)25(30)29-13-11-28(12-14-29)24-10-8-20(26-27-24)19-5-3-4-6-21(19)31-2/h3-10,15,17H,11-14,16H2,1-2H3. The van der Waals surface area contributed by atoms with E-state index in [9.17, 15) is 4.79 Å². The molecule has 0 N–H and O–H groups in total. The second-order valence-electron chi connectivity index (χ2n) is 8.06. The molecule has 1 atom stereocenters. The first-order valence-corrected chi connectivity index (χ1v) is 11.2. The number of para-hydroxylation sites is 1. The lowest BCUT2D eigenvalue weighted by molar-refractivity contribution is -0.138. The van der Waals surface area contributed by atoms with E-state index < -0.39 is 6.10 Å². The van der Waals surface area contributed by atoms with Crippen molar-refractivity contribution in [2.75, 3.05) is 45.0 Å². The number of piperazine rings is 1. The molecule has 2 aliphatic rings. The monoisotopic (exact) mass is 462 g/mol. The largest absolute Gasteiger partial charge is 0.496 e. The minimum Gasteiger partial charge on any atom is -0.496 e. The van der Waals surface area contributed by atoms with E-state index >= 15 is 0 Å². The van der Waals surface area contributed by atoms with Gasteiger partial charge in [0.05, 0.1) is 12.8 Å². The van der Waals surface area contributed by atoms with Crippen molar-refractivity contribution in [2.24, 2.45) is 0 Å². The van der Waals surface area contributed by atoms with Gasteiger partial charge in [-0.2, -0.15) is 0 Å². The SMILES string of the molecule is COc1ccccc1-c1ccc(N2CCN(C(=O)C(C)Oc3ccc4c(c3)OCO4)CC2)nn1. The molecule has 176 valence electrons. The lowest BCUT2D eigenvalue weighted by atomic mass is 10.1. The third-order valence-electron chi connectivity index (χ3n) is 5.95. The Labute approximate surface area is 197 Å². The van der Waals surface area contributed by atoms with Crippen LogP contribution in [-0.4, -0.2) is 67.2 Å². The van der Waals surface area contributed by atoms with Crippen LogP contribution in [0.15, 0.2) is 54.6 Å². The second-order valence-corrected chi connectivity index (χ2v) is 8.06. The van der Waals surface area contributed by atoms with Gasteiger partial charge < -0.3 is 28.7 Å². The molecule has 9 nitrogen and oxygen atoms in total. The van der Waals surface area contributed by atoms with Gasteiger partial charge in [0.15, 0.2) is 23.4 Å². The quantitative estimate of drug-likeness (QED) is 0.553. The van der Waals surface area contributed by atoms with E-state index in [-0.39, 0.29) is 12.7 Å². The first-order chi connectivity index (χ1) is 16.6. The molecule has 0 spiro atoms. The highest BCUT2D eigenvalue weighted by Gasteiger charge is 2.27. The maximum atomic E-state index is 12.9. The van der Waals surface area contributed by atoms with E-state index in [0.717, 1.165) is 22.8 Å². The maximum Gasteiger partial charge on any atom is 0.263 e. The van der Waals surface area contributed by atoms with Crippen molar-refractivity contribution in [2.45, 2.75) is 13.0 Å². The third-order valence-corrected chi connectivity index (χ3v) is 5.95. The van der Waals surface area contributed by atoms with Crippen LogP contribution in [-0.2, 0) is 4.79 Å². The van der Waals surface area contributed by atoms with Crippen molar-refractivity contribution in [1.82, 2.24) is 15.1 Å². The van der Waals surface area contributed by atoms with E-state index in [4.69, 9.17) is 18.9 Å². The van der Waals surface area contributed by atoms with Gasteiger partial charge in [0, 0.05) is 37.8 Å². The number of anilines is 1. The predicted octanol–water partition coefficient (Wildman–Crippen LogP) is 3.00. The van der Waals surface area contributed by atoms with Gasteiger partial charge in [-0.1, -0.05) is 12.1 Å². The molecule has 1 amide bonds. The van der Waals surface area contributed by atoms with Crippen LogP contribution in [0.3, 0.4) is 0 Å². The number of amides is 1. The Morgan fingerprint density at radius 3 is 2.53 bits per heavy atom. The smallest absolute Gasteiger partial charge is 0.263 e. The van der Waals surface area contributed by atoms with Crippen molar-refractivity contribution in [1.29, 1.82) is 0 Å². The molecule has 1 saturated heterocycles. The van der Waals surface area contributed by atoms with E-state index in [1.54, 1.807) is 32.2 Å². The number of methoxy groups -OCH3 is 1. The van der Waals surface area contributed by atoms with Crippen molar-refractivity contribution in [3.8, 4) is 34.3 Å². The molecule has 5 rings (SSSR count). The summed E-state index contributed by atoms with van der Waals surface area (Å²) in [4.78, 5) is 16.9. The second kappa shape index (κ2) is 9.46. The van der Waals surface area contributed by atoms with Gasteiger partial charge in [-0.05, 0) is 43.3 Å². The van der Waals surface area contributed by atoms with Gasteiger partial charge in [-0.25, -0.2) is 0 Å². The summed E-state index contributed by atoms with van der Waals surface area (Å²) in [6, 6.07) is 16.9. The molecule has 1 aromatic heterocycles. The van der Waals surface area contributed by atoms with Crippen LogP contribution < -0.4 is 23.8 Å². The Hall–Kier alpha value is -4.01. The Morgan fingerprint density at radius 1 is 0.971 bits per heavy atom. The summed E-state index contributed by atoms with van der Waals surface area (Å²) >= 11 is 0. The zero-order valence-electron chi connectivity index (χ0n) is 19.1. The molecule has 3 aromatic rings. The molecule has 3 heterocycles. The van der Waals surface area contributed by atoms with Crippen LogP contribution in [0.2, 0.25) is 0 Å². The number of rotatable bonds is 6. The summed E-state index contributed by atoms with van der Waals surface area (Å²) in [7, 11) is 1.64. The van der Waals surface area contributed by atoms with Crippen molar-refractivity contribution >= 4 is 11.7 Å². The summed E-state index contributed by atoms with van der Waals surface area (Å²) in [6.07, 6.45) is -0.605. The normalized spacial score (nSPS) is 15.7. The molecule has 0 aliphatic carbocycles. The van der Waals surface area contributed by atoms with Crippen LogP contribution in [0.5, 0.6) is 23.0 Å². The highest BCUT2D eigenvalue weighted by molar-refractivity contribution is 5.81. The summed E-state index contributed by atoms with van der Waals surface area (Å²) in [5.41, 5.74) is 1.65. The molecule has 0 bridgehead atoms. The van der Waals surface area contributed by atoms with Crippen molar-refractivity contribution < 1.29 is 23.7 Å². The Kier molecular flexibility index (Phi) is 6.07. The van der Waals surface area contributed by atoms with Gasteiger partial charge in [0.25, 0.3) is 5.91 Å². The van der Waals surface area contributed by atoms with Gasteiger partial charge >= 0.3 is 0 Å². The van der Waals surface area contributed by atoms with Crippen molar-refractivity contribution in [3.05, 3.63) is 54.6 Å². The zero-order valence-corrected chi connectivity index (χ0v) is 19.1. The lowest BCUT2D eigenvalue weighted by Gasteiger charge is -2.36. The predicted molar refractivity (Wildman–Crippen MR) is 125 cm³/mol. The number of benzene rings is 2. The molecule has 1 unspecified atom stereocenters. The molecular weight excluding hydrogens is 436 g/mol. The maximum absolute atomic E-state index is 12.9. The molecule has 9 heteroatoms. The van der Waals surface area contributed by atoms with Gasteiger partial charge in [0.1, 0.15) is 11.5 Å². The third kappa shape index (κ3) is 4.41. The minimum atomic E-state index is -0.605. The Bertz CT molecular complexity index is 1160. The number of nitrogens with zero attached hydrogens (tertiary/aromatic N) is 4. The molecular formula is C25H26N4O5. The van der Waals surface area contributed by atoms with Gasteiger partial charge in [-0.3, -0.25) is 4.79 Å². The molecule has 0 saturated carbocycles. The van der Waals surface area contributed by atoms with E-state index in [1.165, 1.54) is 0 Å². The fourth-order valence-corrected chi connectivity index (χ4v) is 4.11. The molecule has 1 fully saturated rings. The summed E-state index contributed by atoms with van der Waals surface area (Å²) in [5.74, 6) is 3.39. The van der Waals surface area contributed by atoms with Crippen LogP contribution in [0.1, 0.15) is 6.92 Å².